The van der Waals surface area contributed by atoms with Crippen LogP contribution in [0.4, 0.5) is 19.1 Å². The number of rotatable bonds is 1. The van der Waals surface area contributed by atoms with Gasteiger partial charge in [0, 0.05) is 12.1 Å². The highest BCUT2D eigenvalue weighted by Crippen LogP contribution is 2.43. The van der Waals surface area contributed by atoms with Crippen LogP contribution >= 0.6 is 0 Å². The van der Waals surface area contributed by atoms with Crippen LogP contribution in [0.15, 0.2) is 42.1 Å². The zero-order chi connectivity index (χ0) is 17.8. The Bertz CT molecular complexity index is 857. The molecule has 1 aliphatic heterocycles. The van der Waals surface area contributed by atoms with E-state index in [4.69, 9.17) is 0 Å². The smallest absolute Gasteiger partial charge is 0.328 e. The van der Waals surface area contributed by atoms with Gasteiger partial charge in [0.2, 0.25) is 5.95 Å². The highest BCUT2D eigenvalue weighted by molar-refractivity contribution is 5.87. The summed E-state index contributed by atoms with van der Waals surface area (Å²) in [5.74, 6) is -1.78. The van der Waals surface area contributed by atoms with E-state index in [0.717, 1.165) is 5.56 Å². The van der Waals surface area contributed by atoms with Crippen LogP contribution in [0.3, 0.4) is 0 Å². The fraction of sp³-hybridized carbons (Fsp3) is 0.353. The molecule has 1 aliphatic carbocycles. The van der Waals surface area contributed by atoms with Gasteiger partial charge in [0.25, 0.3) is 5.82 Å². The SMILES string of the molecule is C[C@H]1C=C2Nc3nc(C(F)(F)F)nn3[C@H](c3ccccc3)[C@H]2C(=O)C1. The van der Waals surface area contributed by atoms with E-state index in [9.17, 15) is 18.0 Å². The predicted octanol–water partition coefficient (Wildman–Crippen LogP) is 3.42. The van der Waals surface area contributed by atoms with E-state index < -0.39 is 24.0 Å². The predicted molar refractivity (Wildman–Crippen MR) is 83.6 cm³/mol. The van der Waals surface area contributed by atoms with Crippen LogP contribution in [0.25, 0.3) is 0 Å². The van der Waals surface area contributed by atoms with Crippen LogP contribution in [0.2, 0.25) is 0 Å². The van der Waals surface area contributed by atoms with E-state index >= 15 is 0 Å². The first-order valence-corrected chi connectivity index (χ1v) is 7.94. The van der Waals surface area contributed by atoms with Gasteiger partial charge < -0.3 is 5.32 Å². The van der Waals surface area contributed by atoms with Crippen LogP contribution < -0.4 is 5.32 Å². The molecule has 0 amide bonds. The average Bonchev–Trinajstić information content (AvgIpc) is 2.97. The first kappa shape index (κ1) is 15.9. The number of fused-ring (bicyclic) bond motifs is 2. The fourth-order valence-electron chi connectivity index (χ4n) is 3.53. The number of benzene rings is 1. The highest BCUT2D eigenvalue weighted by Gasteiger charge is 2.45. The Morgan fingerprint density at radius 3 is 2.64 bits per heavy atom. The number of hydrogen-bond acceptors (Lipinski definition) is 4. The summed E-state index contributed by atoms with van der Waals surface area (Å²) < 4.78 is 40.4. The molecule has 1 aromatic carbocycles. The van der Waals surface area contributed by atoms with Crippen molar-refractivity contribution in [2.45, 2.75) is 25.6 Å². The van der Waals surface area contributed by atoms with Crippen molar-refractivity contribution in [3.63, 3.8) is 0 Å². The van der Waals surface area contributed by atoms with Gasteiger partial charge in [-0.3, -0.25) is 4.79 Å². The number of alkyl halides is 3. The number of nitrogens with zero attached hydrogens (tertiary/aromatic N) is 3. The number of anilines is 1. The van der Waals surface area contributed by atoms with Gasteiger partial charge in [0.1, 0.15) is 5.78 Å². The number of hydrogen-bond donors (Lipinski definition) is 1. The molecule has 0 saturated carbocycles. The van der Waals surface area contributed by atoms with Crippen molar-refractivity contribution in [2.75, 3.05) is 5.32 Å². The third kappa shape index (κ3) is 2.61. The number of aromatic nitrogens is 3. The minimum atomic E-state index is -4.65. The van der Waals surface area contributed by atoms with Gasteiger partial charge in [-0.2, -0.15) is 18.2 Å². The third-order valence-electron chi connectivity index (χ3n) is 4.53. The molecule has 2 heterocycles. The molecule has 5 nitrogen and oxygen atoms in total. The van der Waals surface area contributed by atoms with Gasteiger partial charge >= 0.3 is 6.18 Å². The van der Waals surface area contributed by atoms with Crippen molar-refractivity contribution < 1.29 is 18.0 Å². The summed E-state index contributed by atoms with van der Waals surface area (Å²) in [5, 5.41) is 6.54. The highest BCUT2D eigenvalue weighted by atomic mass is 19.4. The number of nitrogens with one attached hydrogen (secondary N) is 1. The van der Waals surface area contributed by atoms with Crippen LogP contribution in [0, 0.1) is 11.8 Å². The quantitative estimate of drug-likeness (QED) is 0.858. The van der Waals surface area contributed by atoms with Gasteiger partial charge in [-0.05, 0) is 11.5 Å². The Morgan fingerprint density at radius 2 is 1.96 bits per heavy atom. The van der Waals surface area contributed by atoms with E-state index in [2.05, 4.69) is 15.4 Å². The lowest BCUT2D eigenvalue weighted by molar-refractivity contribution is -0.145. The molecule has 0 bridgehead atoms. The maximum Gasteiger partial charge on any atom is 0.453 e. The Labute approximate surface area is 141 Å². The molecule has 1 aromatic heterocycles. The molecule has 0 fully saturated rings. The van der Waals surface area contributed by atoms with Crippen LogP contribution in [0.1, 0.15) is 30.8 Å². The van der Waals surface area contributed by atoms with Crippen LogP contribution in [0.5, 0.6) is 0 Å². The molecule has 1 N–H and O–H groups in total. The molecule has 3 atom stereocenters. The molecule has 0 unspecified atom stereocenters. The second-order valence-corrected chi connectivity index (χ2v) is 6.43. The summed E-state index contributed by atoms with van der Waals surface area (Å²) in [5.41, 5.74) is 1.33. The Morgan fingerprint density at radius 1 is 1.24 bits per heavy atom. The molecule has 4 rings (SSSR count). The molecule has 2 aliphatic rings. The van der Waals surface area contributed by atoms with E-state index in [1.807, 2.05) is 19.1 Å². The van der Waals surface area contributed by atoms with E-state index in [1.165, 1.54) is 4.68 Å². The topological polar surface area (TPSA) is 59.8 Å². The van der Waals surface area contributed by atoms with Gasteiger partial charge in [-0.25, -0.2) is 4.68 Å². The molecule has 0 radical (unpaired) electrons. The molecule has 0 saturated heterocycles. The number of carbonyl (C=O) groups is 1. The lowest BCUT2D eigenvalue weighted by Crippen LogP contribution is -2.40. The first-order valence-electron chi connectivity index (χ1n) is 7.94. The summed E-state index contributed by atoms with van der Waals surface area (Å²) in [6.07, 6.45) is -2.40. The van der Waals surface area contributed by atoms with Crippen LogP contribution in [-0.4, -0.2) is 20.5 Å². The molecule has 25 heavy (non-hydrogen) atoms. The number of ketones is 1. The van der Waals surface area contributed by atoms with E-state index in [-0.39, 0.29) is 17.6 Å². The average molecular weight is 348 g/mol. The fourth-order valence-corrected chi connectivity index (χ4v) is 3.53. The van der Waals surface area contributed by atoms with Gasteiger partial charge in [-0.15, -0.1) is 5.10 Å². The van der Waals surface area contributed by atoms with Crippen molar-refractivity contribution in [3.05, 3.63) is 53.5 Å². The minimum Gasteiger partial charge on any atom is -0.328 e. The maximum atomic E-state index is 13.1. The zero-order valence-electron chi connectivity index (χ0n) is 13.3. The molecule has 8 heteroatoms. The first-order chi connectivity index (χ1) is 11.8. The summed E-state index contributed by atoms with van der Waals surface area (Å²) in [7, 11) is 0. The number of carbonyl (C=O) groups excluding carboxylic acids is 1. The second kappa shape index (κ2) is 5.44. The van der Waals surface area contributed by atoms with Crippen molar-refractivity contribution in [3.8, 4) is 0 Å². The van der Waals surface area contributed by atoms with E-state index in [0.29, 0.717) is 12.1 Å². The summed E-state index contributed by atoms with van der Waals surface area (Å²) in [4.78, 5) is 16.3. The zero-order valence-corrected chi connectivity index (χ0v) is 13.3. The summed E-state index contributed by atoms with van der Waals surface area (Å²) >= 11 is 0. The van der Waals surface area contributed by atoms with Crippen LogP contribution in [-0.2, 0) is 11.0 Å². The van der Waals surface area contributed by atoms with Crippen molar-refractivity contribution >= 4 is 11.7 Å². The van der Waals surface area contributed by atoms with Crippen molar-refractivity contribution in [2.24, 2.45) is 11.8 Å². The Kier molecular flexibility index (Phi) is 3.45. The minimum absolute atomic E-state index is 0.00516. The normalized spacial score (nSPS) is 25.7. The van der Waals surface area contributed by atoms with Gasteiger partial charge in [-0.1, -0.05) is 43.3 Å². The largest absolute Gasteiger partial charge is 0.453 e. The van der Waals surface area contributed by atoms with Crippen molar-refractivity contribution in [1.82, 2.24) is 14.8 Å². The molecule has 130 valence electrons. The van der Waals surface area contributed by atoms with Gasteiger partial charge in [0.15, 0.2) is 0 Å². The standard InChI is InChI=1S/C17H15F3N4O/c1-9-7-11-13(12(25)8-9)14(10-5-3-2-4-6-10)24-16(21-11)22-15(23-24)17(18,19)20/h2-7,9,13-14H,8H2,1H3,(H,21,22,23)/t9-,13+,14+/m0/s1. The maximum absolute atomic E-state index is 13.1. The van der Waals surface area contributed by atoms with Crippen molar-refractivity contribution in [1.29, 1.82) is 0 Å². The second-order valence-electron chi connectivity index (χ2n) is 6.43. The lowest BCUT2D eigenvalue weighted by Gasteiger charge is -2.37. The summed E-state index contributed by atoms with van der Waals surface area (Å²) in [6.45, 7) is 1.90. The molecular formula is C17H15F3N4O. The Balaban J connectivity index is 1.91. The summed E-state index contributed by atoms with van der Waals surface area (Å²) in [6, 6.07) is 8.33. The number of halogens is 3. The van der Waals surface area contributed by atoms with Gasteiger partial charge in [0.05, 0.1) is 12.0 Å². The molecular weight excluding hydrogens is 333 g/mol. The Hall–Kier alpha value is -2.64. The monoisotopic (exact) mass is 348 g/mol. The molecule has 2 aromatic rings. The number of allylic oxidation sites excluding steroid dienone is 2. The third-order valence-corrected chi connectivity index (χ3v) is 4.53. The number of Topliss-reactive ketones (excluding diaryl/α,β-unsaturated/α-hetero) is 1. The van der Waals surface area contributed by atoms with E-state index in [1.54, 1.807) is 24.3 Å². The lowest BCUT2D eigenvalue weighted by atomic mass is 9.78. The molecule has 0 spiro atoms.